The standard InChI is InChI=1S/2C22H38O4.2C4H9.Sn/c2*1-2-3-4-5-6-7-8-9-10-11-12-13-14-15-16-17-20-26-22(25)19-18-21(23)24;2*1-3-4-2;/h2*17-20H,2-16H2,1H3,(H,23,24);2*1,3-4H2,2H3;/q;;;;+2/p-2/b2*19-18-,20-17?;;;. The number of ether oxygens (including phenoxy) is 2. The Morgan fingerprint density at radius 1 is 0.361 bits per heavy atom. The maximum absolute atomic E-state index is 11.1. The Morgan fingerprint density at radius 3 is 0.852 bits per heavy atom. The molecule has 0 saturated carbocycles. The fourth-order valence-electron chi connectivity index (χ4n) is 6.36. The average Bonchev–Trinajstić information content (AvgIpc) is 3.24. The van der Waals surface area contributed by atoms with Gasteiger partial charge >= 0.3 is 81.5 Å². The number of aliphatic carboxylic acids is 2. The van der Waals surface area contributed by atoms with Crippen molar-refractivity contribution in [2.75, 3.05) is 0 Å². The van der Waals surface area contributed by atoms with Crippen molar-refractivity contribution in [2.24, 2.45) is 0 Å². The molecular weight excluding hydrogens is 871 g/mol. The van der Waals surface area contributed by atoms with Crippen LogP contribution in [0.4, 0.5) is 0 Å². The molecule has 0 amide bonds. The quantitative estimate of drug-likeness (QED) is 0.0194. The van der Waals surface area contributed by atoms with Crippen molar-refractivity contribution in [3.05, 3.63) is 49.0 Å². The first-order chi connectivity index (χ1) is 29.7. The van der Waals surface area contributed by atoms with Gasteiger partial charge in [-0.2, -0.15) is 0 Å². The molecule has 9 heteroatoms. The van der Waals surface area contributed by atoms with Crippen molar-refractivity contribution < 1.29 is 38.9 Å². The third-order valence-electron chi connectivity index (χ3n) is 10.1. The molecule has 0 heterocycles. The number of carbonyl (C=O) groups excluding carboxylic acids is 4. The SMILES string of the molecule is CCCCCCCCCCCCCCCCC=COC(=O)/C=C\C(=O)[O-].CCCCCCCCCCCCCCCCC=COC(=O)/C=C\C(=O)[O-].CCC[CH2][Sn+2][CH2]CCC. The zero-order chi connectivity index (χ0) is 45.5. The van der Waals surface area contributed by atoms with Gasteiger partial charge in [0.05, 0.1) is 24.5 Å². The number of carboxylic acid groups (broad SMARTS) is 2. The number of unbranched alkanes of at least 4 members (excludes halogenated alkanes) is 30. The molecule has 0 aromatic rings. The van der Waals surface area contributed by atoms with Crippen molar-refractivity contribution in [1.82, 2.24) is 0 Å². The van der Waals surface area contributed by atoms with Crippen LogP contribution in [0.5, 0.6) is 0 Å². The molecule has 0 aromatic heterocycles. The average molecular weight is 964 g/mol. The molecule has 61 heavy (non-hydrogen) atoms. The van der Waals surface area contributed by atoms with Crippen molar-refractivity contribution in [3.8, 4) is 0 Å². The Balaban J connectivity index is -0.000000918. The summed E-state index contributed by atoms with van der Waals surface area (Å²) >= 11 is 0.149. The van der Waals surface area contributed by atoms with Crippen molar-refractivity contribution in [2.45, 2.75) is 255 Å². The van der Waals surface area contributed by atoms with E-state index >= 15 is 0 Å². The number of hydrogen-bond acceptors (Lipinski definition) is 8. The molecule has 0 atom stereocenters. The topological polar surface area (TPSA) is 133 Å². The van der Waals surface area contributed by atoms with Gasteiger partial charge in [-0.25, -0.2) is 9.59 Å². The van der Waals surface area contributed by atoms with Crippen LogP contribution in [-0.4, -0.2) is 45.0 Å². The van der Waals surface area contributed by atoms with Gasteiger partial charge in [0.1, 0.15) is 0 Å². The van der Waals surface area contributed by atoms with Gasteiger partial charge in [0.25, 0.3) is 0 Å². The second-order valence-corrected chi connectivity index (χ2v) is 20.4. The van der Waals surface area contributed by atoms with E-state index in [0.29, 0.717) is 12.2 Å². The second kappa shape index (κ2) is 57.6. The molecule has 0 aliphatic carbocycles. The van der Waals surface area contributed by atoms with Crippen LogP contribution < -0.4 is 10.2 Å². The summed E-state index contributed by atoms with van der Waals surface area (Å²) in [6.07, 6.45) is 54.2. The Morgan fingerprint density at radius 2 is 0.607 bits per heavy atom. The number of carbonyl (C=O) groups is 4. The van der Waals surface area contributed by atoms with Gasteiger partial charge in [-0.1, -0.05) is 181 Å². The molecular formula is C52H92O8Sn. The van der Waals surface area contributed by atoms with E-state index in [4.69, 9.17) is 9.47 Å². The Kier molecular flexibility index (Phi) is 59.5. The van der Waals surface area contributed by atoms with Crippen molar-refractivity contribution in [1.29, 1.82) is 0 Å². The minimum absolute atomic E-state index is 0.149. The van der Waals surface area contributed by atoms with Crippen LogP contribution >= 0.6 is 0 Å². The van der Waals surface area contributed by atoms with Crippen LogP contribution in [-0.2, 0) is 28.7 Å². The van der Waals surface area contributed by atoms with E-state index in [2.05, 4.69) is 27.7 Å². The van der Waals surface area contributed by atoms with Gasteiger partial charge in [-0.15, -0.1) is 0 Å². The summed E-state index contributed by atoms with van der Waals surface area (Å²) in [4.78, 5) is 42.3. The molecule has 0 bridgehead atoms. The molecule has 352 valence electrons. The van der Waals surface area contributed by atoms with Crippen LogP contribution in [0.3, 0.4) is 0 Å². The number of hydrogen-bond donors (Lipinski definition) is 0. The van der Waals surface area contributed by atoms with Gasteiger partial charge < -0.3 is 29.3 Å². The number of allylic oxidation sites excluding steroid dienone is 2. The molecule has 0 rings (SSSR count). The van der Waals surface area contributed by atoms with E-state index in [9.17, 15) is 29.4 Å². The van der Waals surface area contributed by atoms with Gasteiger partial charge in [-0.3, -0.25) is 0 Å². The molecule has 0 aliphatic heterocycles. The normalized spacial score (nSPS) is 11.1. The first-order valence-corrected chi connectivity index (χ1v) is 29.0. The monoisotopic (exact) mass is 965 g/mol. The summed E-state index contributed by atoms with van der Waals surface area (Å²) in [5, 5.41) is 20.2. The Labute approximate surface area is 385 Å². The molecule has 0 fully saturated rings. The molecule has 0 aromatic carbocycles. The van der Waals surface area contributed by atoms with Gasteiger partial charge in [0.15, 0.2) is 0 Å². The minimum atomic E-state index is -1.41. The first kappa shape index (κ1) is 62.9. The van der Waals surface area contributed by atoms with E-state index in [0.717, 1.165) is 37.8 Å². The van der Waals surface area contributed by atoms with Crippen LogP contribution in [0.1, 0.15) is 246 Å². The molecule has 8 nitrogen and oxygen atoms in total. The van der Waals surface area contributed by atoms with Gasteiger partial charge in [0.2, 0.25) is 0 Å². The van der Waals surface area contributed by atoms with E-state index in [1.54, 1.807) is 21.0 Å². The van der Waals surface area contributed by atoms with E-state index in [1.165, 1.54) is 205 Å². The fourth-order valence-corrected chi connectivity index (χ4v) is 10.5. The molecule has 0 aliphatic rings. The summed E-state index contributed by atoms with van der Waals surface area (Å²) in [7, 11) is 0. The molecule has 0 saturated heterocycles. The van der Waals surface area contributed by atoms with E-state index in [-0.39, 0.29) is 21.1 Å². The zero-order valence-corrected chi connectivity index (χ0v) is 42.7. The van der Waals surface area contributed by atoms with Crippen LogP contribution in [0.25, 0.3) is 0 Å². The van der Waals surface area contributed by atoms with Crippen LogP contribution in [0.2, 0.25) is 8.87 Å². The maximum atomic E-state index is 11.1. The zero-order valence-electron chi connectivity index (χ0n) is 39.8. The summed E-state index contributed by atoms with van der Waals surface area (Å²) in [5.41, 5.74) is 0. The Hall–Kier alpha value is -2.36. The predicted octanol–water partition coefficient (Wildman–Crippen LogP) is 13.6. The number of carboxylic acids is 2. The summed E-state index contributed by atoms with van der Waals surface area (Å²) in [6.45, 7) is 9.10. The number of rotatable bonds is 42. The van der Waals surface area contributed by atoms with Gasteiger partial charge in [-0.05, 0) is 50.0 Å². The van der Waals surface area contributed by atoms with Crippen LogP contribution in [0.15, 0.2) is 49.0 Å². The molecule has 0 N–H and O–H groups in total. The predicted molar refractivity (Wildman–Crippen MR) is 254 cm³/mol. The second-order valence-electron chi connectivity index (χ2n) is 16.1. The first-order valence-electron chi connectivity index (χ1n) is 24.9. The summed E-state index contributed by atoms with van der Waals surface area (Å²) in [6, 6.07) is 0. The molecule has 0 radical (unpaired) electrons. The Bertz CT molecular complexity index is 986. The van der Waals surface area contributed by atoms with E-state index in [1.807, 2.05) is 0 Å². The van der Waals surface area contributed by atoms with Gasteiger partial charge in [0, 0.05) is 12.2 Å². The van der Waals surface area contributed by atoms with Crippen LogP contribution in [0, 0.1) is 0 Å². The fraction of sp³-hybridized carbons (Fsp3) is 0.769. The van der Waals surface area contributed by atoms with E-state index < -0.39 is 23.9 Å². The van der Waals surface area contributed by atoms with Crippen molar-refractivity contribution in [3.63, 3.8) is 0 Å². The van der Waals surface area contributed by atoms with Crippen molar-refractivity contribution >= 4 is 45.0 Å². The summed E-state index contributed by atoms with van der Waals surface area (Å²) in [5.74, 6) is -4.22. The third kappa shape index (κ3) is 66.9. The summed E-state index contributed by atoms with van der Waals surface area (Å²) < 4.78 is 12.7. The third-order valence-corrected chi connectivity index (χ3v) is 14.2. The molecule has 0 unspecified atom stereocenters. The number of esters is 2. The molecule has 0 spiro atoms.